The van der Waals surface area contributed by atoms with Gasteiger partial charge in [-0.2, -0.15) is 0 Å². The predicted molar refractivity (Wildman–Crippen MR) is 50.8 cm³/mol. The Balaban J connectivity index is 3.42. The summed E-state index contributed by atoms with van der Waals surface area (Å²) in [4.78, 5) is 6.14. The van der Waals surface area contributed by atoms with Crippen LogP contribution in [-0.4, -0.2) is 24.8 Å². The van der Waals surface area contributed by atoms with Crippen LogP contribution < -0.4 is 0 Å². The van der Waals surface area contributed by atoms with E-state index in [-0.39, 0.29) is 0 Å². The van der Waals surface area contributed by atoms with E-state index >= 15 is 0 Å². The first kappa shape index (κ1) is 10.2. The normalized spacial score (nSPS) is 11.5. The van der Waals surface area contributed by atoms with Gasteiger partial charge in [-0.15, -0.1) is 0 Å². The maximum absolute atomic E-state index is 4.10. The molecule has 0 aromatic heterocycles. The maximum atomic E-state index is 4.10. The molecule has 0 rings (SSSR count). The van der Waals surface area contributed by atoms with Crippen molar-refractivity contribution in [2.75, 3.05) is 13.6 Å². The molecule has 0 bridgehead atoms. The molecule has 0 radical (unpaired) electrons. The molecule has 0 aromatic rings. The van der Waals surface area contributed by atoms with Crippen LogP contribution in [0.3, 0.4) is 0 Å². The van der Waals surface area contributed by atoms with Gasteiger partial charge in [0.1, 0.15) is 0 Å². The smallest absolute Gasteiger partial charge is 0.0902 e. The van der Waals surface area contributed by atoms with Crippen molar-refractivity contribution >= 4 is 6.34 Å². The lowest BCUT2D eigenvalue weighted by molar-refractivity contribution is 0.552. The summed E-state index contributed by atoms with van der Waals surface area (Å²) >= 11 is 0. The van der Waals surface area contributed by atoms with E-state index in [2.05, 4.69) is 24.9 Å². The fraction of sp³-hybridized carbons (Fsp3) is 0.667. The third kappa shape index (κ3) is 7.10. The van der Waals surface area contributed by atoms with Crippen LogP contribution in [0.5, 0.6) is 0 Å². The minimum absolute atomic E-state index is 1.01. The molecule has 0 aromatic carbocycles. The molecule has 0 unspecified atom stereocenters. The zero-order valence-corrected chi connectivity index (χ0v) is 7.75. The van der Waals surface area contributed by atoms with Gasteiger partial charge in [-0.3, -0.25) is 0 Å². The summed E-state index contributed by atoms with van der Waals surface area (Å²) in [7, 11) is 2.01. The van der Waals surface area contributed by atoms with Gasteiger partial charge in [-0.25, -0.2) is 4.99 Å². The van der Waals surface area contributed by atoms with Crippen LogP contribution in [-0.2, 0) is 0 Å². The Labute approximate surface area is 69.6 Å². The average molecular weight is 154 g/mol. The van der Waals surface area contributed by atoms with Gasteiger partial charge in [0, 0.05) is 19.8 Å². The molecule has 0 N–H and O–H groups in total. The summed E-state index contributed by atoms with van der Waals surface area (Å²) in [6, 6.07) is 0. The van der Waals surface area contributed by atoms with Crippen molar-refractivity contribution in [3.8, 4) is 0 Å². The van der Waals surface area contributed by atoms with E-state index in [4.69, 9.17) is 0 Å². The minimum atomic E-state index is 1.01. The first-order valence-electron chi connectivity index (χ1n) is 4.19. The first-order chi connectivity index (χ1) is 5.31. The molecule has 64 valence electrons. The molecule has 0 spiro atoms. The Morgan fingerprint density at radius 2 is 2.09 bits per heavy atom. The average Bonchev–Trinajstić information content (AvgIpc) is 2.04. The third-order valence-electron chi connectivity index (χ3n) is 1.41. The van der Waals surface area contributed by atoms with Crippen LogP contribution in [0.2, 0.25) is 0 Å². The van der Waals surface area contributed by atoms with Gasteiger partial charge in [0.15, 0.2) is 0 Å². The monoisotopic (exact) mass is 154 g/mol. The largest absolute Gasteiger partial charge is 0.366 e. The van der Waals surface area contributed by atoms with Gasteiger partial charge in [-0.05, 0) is 13.3 Å². The number of hydrogen-bond donors (Lipinski definition) is 0. The number of hydrogen-bond acceptors (Lipinski definition) is 1. The lowest BCUT2D eigenvalue weighted by atomic mass is 10.3. The lowest BCUT2D eigenvalue weighted by Crippen LogP contribution is -2.14. The van der Waals surface area contributed by atoms with Crippen LogP contribution in [0.1, 0.15) is 26.7 Å². The number of aliphatic imine (C=N–C) groups is 1. The topological polar surface area (TPSA) is 15.6 Å². The summed E-state index contributed by atoms with van der Waals surface area (Å²) in [5.74, 6) is 0. The first-order valence-corrected chi connectivity index (χ1v) is 4.19. The second kappa shape index (κ2) is 7.32. The molecule has 0 fully saturated rings. The van der Waals surface area contributed by atoms with E-state index in [9.17, 15) is 0 Å². The number of allylic oxidation sites excluding steroid dienone is 1. The van der Waals surface area contributed by atoms with E-state index in [0.29, 0.717) is 0 Å². The Kier molecular flexibility index (Phi) is 6.79. The van der Waals surface area contributed by atoms with Crippen molar-refractivity contribution in [2.24, 2.45) is 4.99 Å². The molecule has 0 atom stereocenters. The predicted octanol–water partition coefficient (Wildman–Crippen LogP) is 2.28. The van der Waals surface area contributed by atoms with E-state index in [0.717, 1.165) is 13.0 Å². The van der Waals surface area contributed by atoms with Crippen molar-refractivity contribution in [3.05, 3.63) is 12.3 Å². The molecule has 0 saturated heterocycles. The van der Waals surface area contributed by atoms with E-state index in [1.807, 2.05) is 24.5 Å². The second-order valence-corrected chi connectivity index (χ2v) is 2.51. The van der Waals surface area contributed by atoms with Gasteiger partial charge >= 0.3 is 0 Å². The van der Waals surface area contributed by atoms with Crippen LogP contribution in [0.4, 0.5) is 0 Å². The van der Waals surface area contributed by atoms with Crippen molar-refractivity contribution in [1.29, 1.82) is 0 Å². The van der Waals surface area contributed by atoms with Crippen LogP contribution in [0, 0.1) is 0 Å². The highest BCUT2D eigenvalue weighted by Crippen LogP contribution is 1.87. The lowest BCUT2D eigenvalue weighted by Gasteiger charge is -2.06. The van der Waals surface area contributed by atoms with Crippen molar-refractivity contribution < 1.29 is 0 Å². The zero-order chi connectivity index (χ0) is 8.53. The Morgan fingerprint density at radius 1 is 1.36 bits per heavy atom. The van der Waals surface area contributed by atoms with Gasteiger partial charge in [-0.1, -0.05) is 19.4 Å². The molecule has 0 aliphatic rings. The number of rotatable bonds is 5. The Bertz CT molecular complexity index is 128. The van der Waals surface area contributed by atoms with Gasteiger partial charge in [0.05, 0.1) is 6.34 Å². The molecule has 2 nitrogen and oxygen atoms in total. The molecule has 11 heavy (non-hydrogen) atoms. The van der Waals surface area contributed by atoms with Crippen LogP contribution in [0.25, 0.3) is 0 Å². The third-order valence-corrected chi connectivity index (χ3v) is 1.41. The summed E-state index contributed by atoms with van der Waals surface area (Å²) in [5.41, 5.74) is 0. The second-order valence-electron chi connectivity index (χ2n) is 2.51. The summed E-state index contributed by atoms with van der Waals surface area (Å²) in [5, 5.41) is 0. The summed E-state index contributed by atoms with van der Waals surface area (Å²) in [6.45, 7) is 5.26. The highest BCUT2D eigenvalue weighted by Gasteiger charge is 1.79. The van der Waals surface area contributed by atoms with Gasteiger partial charge in [0.2, 0.25) is 0 Å². The minimum Gasteiger partial charge on any atom is -0.366 e. The molecule has 0 aliphatic heterocycles. The number of unbranched alkanes of at least 4 members (excludes halogenated alkanes) is 1. The summed E-state index contributed by atoms with van der Waals surface area (Å²) < 4.78 is 0. The molecular weight excluding hydrogens is 136 g/mol. The zero-order valence-electron chi connectivity index (χ0n) is 7.75. The van der Waals surface area contributed by atoms with E-state index in [1.54, 1.807) is 0 Å². The molecule has 0 amide bonds. The molecule has 0 heterocycles. The van der Waals surface area contributed by atoms with Crippen LogP contribution in [0.15, 0.2) is 17.3 Å². The maximum Gasteiger partial charge on any atom is 0.0902 e. The van der Waals surface area contributed by atoms with Gasteiger partial charge in [0.25, 0.3) is 0 Å². The highest BCUT2D eigenvalue weighted by molar-refractivity contribution is 5.55. The van der Waals surface area contributed by atoms with Crippen molar-refractivity contribution in [3.63, 3.8) is 0 Å². The fourth-order valence-electron chi connectivity index (χ4n) is 0.536. The Morgan fingerprint density at radius 3 is 2.64 bits per heavy atom. The summed E-state index contributed by atoms with van der Waals surface area (Å²) in [6.07, 6.45) is 8.09. The molecule has 0 saturated carbocycles. The number of nitrogens with zero attached hydrogens (tertiary/aromatic N) is 2. The van der Waals surface area contributed by atoms with E-state index < -0.39 is 0 Å². The van der Waals surface area contributed by atoms with Crippen molar-refractivity contribution in [1.82, 2.24) is 4.90 Å². The molecule has 0 aliphatic carbocycles. The standard InChI is InChI=1S/C9H18N2/c1-4-6-7-8-10-9-11(3)5-2/h7-9H,4-6H2,1-3H3/b8-7+,10-9?. The quantitative estimate of drug-likeness (QED) is 0.438. The molecule has 2 heteroatoms. The van der Waals surface area contributed by atoms with Gasteiger partial charge < -0.3 is 4.90 Å². The van der Waals surface area contributed by atoms with Crippen LogP contribution >= 0.6 is 0 Å². The fourth-order valence-corrected chi connectivity index (χ4v) is 0.536. The van der Waals surface area contributed by atoms with Crippen molar-refractivity contribution in [2.45, 2.75) is 26.7 Å². The highest BCUT2D eigenvalue weighted by atomic mass is 15.1. The molecular formula is C9H18N2. The Hall–Kier alpha value is -0.790. The van der Waals surface area contributed by atoms with E-state index in [1.165, 1.54) is 6.42 Å². The SMILES string of the molecule is CCC/C=C/N=CN(C)CC.